The van der Waals surface area contributed by atoms with Crippen LogP contribution in [0.3, 0.4) is 0 Å². The van der Waals surface area contributed by atoms with Gasteiger partial charge in [0.2, 0.25) is 11.8 Å². The van der Waals surface area contributed by atoms with E-state index >= 15 is 0 Å². The van der Waals surface area contributed by atoms with E-state index in [2.05, 4.69) is 16.0 Å². The third kappa shape index (κ3) is 6.36. The SMILES string of the molecule is CB1OCCC1NC(=O)[C@@H]1CCCN1C(=O)C(NC(=O)NC(C)(C)C)C(C)(C)C. The van der Waals surface area contributed by atoms with Crippen molar-refractivity contribution in [3.05, 3.63) is 0 Å². The summed E-state index contributed by atoms with van der Waals surface area (Å²) in [4.78, 5) is 40.3. The van der Waals surface area contributed by atoms with E-state index < -0.39 is 23.0 Å². The first kappa shape index (κ1) is 23.5. The first-order valence-electron chi connectivity index (χ1n) is 10.6. The Kier molecular flexibility index (Phi) is 7.25. The predicted molar refractivity (Wildman–Crippen MR) is 114 cm³/mol. The van der Waals surface area contributed by atoms with Crippen LogP contribution >= 0.6 is 0 Å². The molecule has 164 valence electrons. The third-order valence-corrected chi connectivity index (χ3v) is 5.42. The minimum absolute atomic E-state index is 0.0189. The van der Waals surface area contributed by atoms with Gasteiger partial charge in [0.15, 0.2) is 0 Å². The van der Waals surface area contributed by atoms with Crippen molar-refractivity contribution >= 4 is 24.8 Å². The van der Waals surface area contributed by atoms with Crippen LogP contribution in [0.25, 0.3) is 0 Å². The van der Waals surface area contributed by atoms with E-state index in [4.69, 9.17) is 4.65 Å². The predicted octanol–water partition coefficient (Wildman–Crippen LogP) is 1.56. The number of carbonyl (C=O) groups is 3. The van der Waals surface area contributed by atoms with Crippen molar-refractivity contribution in [3.8, 4) is 0 Å². The summed E-state index contributed by atoms with van der Waals surface area (Å²) >= 11 is 0. The molecule has 0 aliphatic carbocycles. The Bertz CT molecular complexity index is 629. The molecule has 0 aromatic rings. The number of amides is 4. The number of urea groups is 1. The number of hydrogen-bond donors (Lipinski definition) is 3. The molecule has 2 aliphatic heterocycles. The lowest BCUT2D eigenvalue weighted by molar-refractivity contribution is -0.141. The van der Waals surface area contributed by atoms with E-state index in [0.717, 1.165) is 12.8 Å². The lowest BCUT2D eigenvalue weighted by atomic mass is 9.64. The average Bonchev–Trinajstić information content (AvgIpc) is 3.19. The monoisotopic (exact) mass is 408 g/mol. The number of carbonyl (C=O) groups excluding carboxylic acids is 3. The molecule has 9 heteroatoms. The highest BCUT2D eigenvalue weighted by Crippen LogP contribution is 2.26. The summed E-state index contributed by atoms with van der Waals surface area (Å²) in [6, 6.07) is -1.62. The van der Waals surface area contributed by atoms with Gasteiger partial charge in [0.05, 0.1) is 0 Å². The second-order valence-electron chi connectivity index (χ2n) is 10.3. The van der Waals surface area contributed by atoms with E-state index in [1.165, 1.54) is 0 Å². The fraction of sp³-hybridized carbons (Fsp3) is 0.850. The Labute approximate surface area is 175 Å². The number of hydrogen-bond acceptors (Lipinski definition) is 4. The molecule has 4 amide bonds. The molecular weight excluding hydrogens is 371 g/mol. The molecule has 2 aliphatic rings. The number of rotatable bonds is 4. The fourth-order valence-electron chi connectivity index (χ4n) is 3.83. The number of nitrogens with zero attached hydrogens (tertiary/aromatic N) is 1. The molecule has 0 radical (unpaired) electrons. The van der Waals surface area contributed by atoms with Crippen LogP contribution in [0, 0.1) is 5.41 Å². The Morgan fingerprint density at radius 3 is 2.28 bits per heavy atom. The van der Waals surface area contributed by atoms with E-state index in [1.807, 2.05) is 48.4 Å². The van der Waals surface area contributed by atoms with E-state index in [9.17, 15) is 14.4 Å². The first-order chi connectivity index (χ1) is 13.3. The topological polar surface area (TPSA) is 99.8 Å². The van der Waals surface area contributed by atoms with Gasteiger partial charge in [0.25, 0.3) is 0 Å². The molecule has 8 nitrogen and oxygen atoms in total. The van der Waals surface area contributed by atoms with Gasteiger partial charge in [-0.2, -0.15) is 0 Å². The van der Waals surface area contributed by atoms with Crippen molar-refractivity contribution in [2.24, 2.45) is 5.41 Å². The maximum absolute atomic E-state index is 13.4. The van der Waals surface area contributed by atoms with Crippen molar-refractivity contribution in [3.63, 3.8) is 0 Å². The summed E-state index contributed by atoms with van der Waals surface area (Å²) in [7, 11) is 0. The summed E-state index contributed by atoms with van der Waals surface area (Å²) < 4.78 is 5.52. The van der Waals surface area contributed by atoms with Crippen LogP contribution in [0.5, 0.6) is 0 Å². The van der Waals surface area contributed by atoms with Crippen molar-refractivity contribution in [2.45, 2.75) is 91.2 Å². The summed E-state index contributed by atoms with van der Waals surface area (Å²) in [5.41, 5.74) is -0.907. The highest BCUT2D eigenvalue weighted by molar-refractivity contribution is 6.53. The van der Waals surface area contributed by atoms with Gasteiger partial charge in [0, 0.05) is 24.6 Å². The Hall–Kier alpha value is -1.77. The minimum atomic E-state index is -0.730. The number of nitrogens with one attached hydrogen (secondary N) is 3. The first-order valence-corrected chi connectivity index (χ1v) is 10.6. The normalized spacial score (nSPS) is 23.7. The summed E-state index contributed by atoms with van der Waals surface area (Å²) in [6.45, 7) is 14.5. The second kappa shape index (κ2) is 8.94. The molecule has 2 saturated heterocycles. The van der Waals surface area contributed by atoms with Crippen LogP contribution < -0.4 is 16.0 Å². The Morgan fingerprint density at radius 1 is 1.10 bits per heavy atom. The maximum atomic E-state index is 13.4. The molecule has 2 unspecified atom stereocenters. The summed E-state index contributed by atoms with van der Waals surface area (Å²) in [6.07, 6.45) is 2.18. The summed E-state index contributed by atoms with van der Waals surface area (Å²) in [5.74, 6) is -0.367. The maximum Gasteiger partial charge on any atom is 0.315 e. The van der Waals surface area contributed by atoms with Gasteiger partial charge in [0.1, 0.15) is 12.1 Å². The molecule has 0 saturated carbocycles. The second-order valence-corrected chi connectivity index (χ2v) is 10.3. The minimum Gasteiger partial charge on any atom is -0.434 e. The van der Waals surface area contributed by atoms with Gasteiger partial charge in [-0.15, -0.1) is 0 Å². The Morgan fingerprint density at radius 2 is 1.76 bits per heavy atom. The molecule has 3 N–H and O–H groups in total. The molecule has 2 rings (SSSR count). The standard InChI is InChI=1S/C20H37BN4O4/c1-19(2,3)15(23-18(28)24-20(4,5)6)17(27)25-11-8-9-13(25)16(26)22-14-10-12-29-21(14)7/h13-15H,8-12H2,1-7H3,(H,22,26)(H2,23,24,28)/t13-,14?,15?/m0/s1. The highest BCUT2D eigenvalue weighted by atomic mass is 16.4. The largest absolute Gasteiger partial charge is 0.434 e. The van der Waals surface area contributed by atoms with Crippen molar-refractivity contribution in [1.29, 1.82) is 0 Å². The lowest BCUT2D eigenvalue weighted by Crippen LogP contribution is -2.60. The van der Waals surface area contributed by atoms with Crippen LogP contribution in [0.2, 0.25) is 6.82 Å². The van der Waals surface area contributed by atoms with Crippen LogP contribution in [-0.4, -0.2) is 66.4 Å². The zero-order chi connectivity index (χ0) is 22.0. The quantitative estimate of drug-likeness (QED) is 0.615. The van der Waals surface area contributed by atoms with Crippen molar-refractivity contribution in [1.82, 2.24) is 20.9 Å². The smallest absolute Gasteiger partial charge is 0.315 e. The van der Waals surface area contributed by atoms with Crippen molar-refractivity contribution in [2.75, 3.05) is 13.2 Å². The molecule has 0 aromatic heterocycles. The number of likely N-dealkylation sites (tertiary alicyclic amines) is 1. The van der Waals surface area contributed by atoms with Crippen LogP contribution in [0.1, 0.15) is 60.8 Å². The Balaban J connectivity index is 2.10. The van der Waals surface area contributed by atoms with Gasteiger partial charge in [-0.25, -0.2) is 4.79 Å². The van der Waals surface area contributed by atoms with Gasteiger partial charge >= 0.3 is 12.9 Å². The molecule has 29 heavy (non-hydrogen) atoms. The fourth-order valence-corrected chi connectivity index (χ4v) is 3.83. The van der Waals surface area contributed by atoms with E-state index in [1.54, 1.807) is 4.90 Å². The van der Waals surface area contributed by atoms with Crippen LogP contribution in [0.15, 0.2) is 0 Å². The van der Waals surface area contributed by atoms with Crippen LogP contribution in [0.4, 0.5) is 4.79 Å². The molecule has 2 fully saturated rings. The van der Waals surface area contributed by atoms with Crippen molar-refractivity contribution < 1.29 is 19.0 Å². The van der Waals surface area contributed by atoms with Crippen LogP contribution in [-0.2, 0) is 14.2 Å². The van der Waals surface area contributed by atoms with Gasteiger partial charge in [-0.1, -0.05) is 27.6 Å². The summed E-state index contributed by atoms with van der Waals surface area (Å²) in [5, 5.41) is 8.72. The highest BCUT2D eigenvalue weighted by Gasteiger charge is 2.43. The zero-order valence-electron chi connectivity index (χ0n) is 18.9. The van der Waals surface area contributed by atoms with Gasteiger partial charge in [-0.05, 0) is 45.4 Å². The zero-order valence-corrected chi connectivity index (χ0v) is 18.9. The van der Waals surface area contributed by atoms with Gasteiger partial charge < -0.3 is 25.5 Å². The van der Waals surface area contributed by atoms with E-state index in [0.29, 0.717) is 19.6 Å². The van der Waals surface area contributed by atoms with E-state index in [-0.39, 0.29) is 30.7 Å². The molecular formula is C20H37BN4O4. The third-order valence-electron chi connectivity index (χ3n) is 5.42. The molecule has 0 spiro atoms. The lowest BCUT2D eigenvalue weighted by Gasteiger charge is -2.36. The average molecular weight is 408 g/mol. The molecule has 2 heterocycles. The molecule has 0 bridgehead atoms. The van der Waals surface area contributed by atoms with Gasteiger partial charge in [-0.3, -0.25) is 9.59 Å². The molecule has 0 aromatic carbocycles. The molecule has 3 atom stereocenters.